The molecule has 2 rings (SSSR count). The van der Waals surface area contributed by atoms with Crippen LogP contribution in [-0.2, 0) is 0 Å². The fraction of sp³-hybridized carbons (Fsp3) is 0.533. The Kier molecular flexibility index (Phi) is 4.52. The molecule has 0 bridgehead atoms. The third-order valence-corrected chi connectivity index (χ3v) is 4.25. The van der Waals surface area contributed by atoms with Crippen LogP contribution in [-0.4, -0.2) is 16.9 Å². The summed E-state index contributed by atoms with van der Waals surface area (Å²) < 4.78 is 0. The molecule has 1 aromatic carbocycles. The molecule has 0 heterocycles. The van der Waals surface area contributed by atoms with Crippen molar-refractivity contribution in [3.8, 4) is 0 Å². The number of carbonyl (C=O) groups excluding carboxylic acids is 1. The van der Waals surface area contributed by atoms with E-state index in [1.165, 1.54) is 24.6 Å². The monoisotopic (exact) mass is 310 g/mol. The summed E-state index contributed by atoms with van der Waals surface area (Å²) in [4.78, 5) is 22.4. The van der Waals surface area contributed by atoms with Gasteiger partial charge in [-0.15, -0.1) is 0 Å². The van der Waals surface area contributed by atoms with Crippen LogP contribution in [0.15, 0.2) is 18.2 Å². The zero-order chi connectivity index (χ0) is 15.6. The van der Waals surface area contributed by atoms with Gasteiger partial charge in [-0.1, -0.05) is 31.9 Å². The lowest BCUT2D eigenvalue weighted by Crippen LogP contribution is -2.40. The van der Waals surface area contributed by atoms with Gasteiger partial charge in [0.1, 0.15) is 5.02 Å². The molecule has 5 nitrogen and oxygen atoms in total. The molecule has 1 aromatic rings. The van der Waals surface area contributed by atoms with Gasteiger partial charge >= 0.3 is 0 Å². The minimum Gasteiger partial charge on any atom is -0.349 e. The van der Waals surface area contributed by atoms with Gasteiger partial charge in [0, 0.05) is 17.7 Å². The SMILES string of the molecule is CC1(C)CCCC(NC(=O)c2ccc([N+](=O)[O-])c(Cl)c2)C1. The third kappa shape index (κ3) is 3.94. The van der Waals surface area contributed by atoms with Gasteiger partial charge in [0.2, 0.25) is 0 Å². The molecular weight excluding hydrogens is 292 g/mol. The number of hydrogen-bond acceptors (Lipinski definition) is 3. The standard InChI is InChI=1S/C15H19ClN2O3/c1-15(2)7-3-4-11(9-15)17-14(19)10-5-6-13(18(20)21)12(16)8-10/h5-6,8,11H,3-4,7,9H2,1-2H3,(H,17,19). The first-order valence-electron chi connectivity index (χ1n) is 7.03. The van der Waals surface area contributed by atoms with Crippen molar-refractivity contribution in [2.24, 2.45) is 5.41 Å². The summed E-state index contributed by atoms with van der Waals surface area (Å²) in [5, 5.41) is 13.7. The van der Waals surface area contributed by atoms with Gasteiger partial charge in [-0.25, -0.2) is 0 Å². The molecule has 114 valence electrons. The molecule has 1 aliphatic carbocycles. The highest BCUT2D eigenvalue weighted by atomic mass is 35.5. The van der Waals surface area contributed by atoms with Crippen LogP contribution < -0.4 is 5.32 Å². The second-order valence-corrected chi connectivity index (χ2v) is 6.76. The second-order valence-electron chi connectivity index (χ2n) is 6.35. The van der Waals surface area contributed by atoms with Crippen LogP contribution in [0.2, 0.25) is 5.02 Å². The van der Waals surface area contributed by atoms with Crippen molar-refractivity contribution in [2.45, 2.75) is 45.6 Å². The average Bonchev–Trinajstić information content (AvgIpc) is 2.36. The van der Waals surface area contributed by atoms with Crippen molar-refractivity contribution in [1.82, 2.24) is 5.32 Å². The summed E-state index contributed by atoms with van der Waals surface area (Å²) in [6.45, 7) is 4.40. The summed E-state index contributed by atoms with van der Waals surface area (Å²) in [5.74, 6) is -0.227. The van der Waals surface area contributed by atoms with E-state index in [9.17, 15) is 14.9 Å². The van der Waals surface area contributed by atoms with E-state index in [1.54, 1.807) is 0 Å². The maximum Gasteiger partial charge on any atom is 0.287 e. The normalized spacial score (nSPS) is 20.8. The molecular formula is C15H19ClN2O3. The van der Waals surface area contributed by atoms with Gasteiger partial charge in [-0.3, -0.25) is 14.9 Å². The lowest BCUT2D eigenvalue weighted by atomic mass is 9.75. The van der Waals surface area contributed by atoms with Gasteiger partial charge in [-0.2, -0.15) is 0 Å². The maximum atomic E-state index is 12.2. The Bertz CT molecular complexity index is 572. The number of hydrogen-bond donors (Lipinski definition) is 1. The summed E-state index contributed by atoms with van der Waals surface area (Å²) in [6.07, 6.45) is 4.18. The number of nitro groups is 1. The molecule has 0 spiro atoms. The predicted molar refractivity (Wildman–Crippen MR) is 81.6 cm³/mol. The van der Waals surface area contributed by atoms with Crippen molar-refractivity contribution >= 4 is 23.2 Å². The molecule has 21 heavy (non-hydrogen) atoms. The molecule has 1 saturated carbocycles. The van der Waals surface area contributed by atoms with Gasteiger partial charge in [0.25, 0.3) is 11.6 Å². The molecule has 0 saturated heterocycles. The molecule has 1 aliphatic rings. The van der Waals surface area contributed by atoms with Crippen molar-refractivity contribution in [3.63, 3.8) is 0 Å². The van der Waals surface area contributed by atoms with E-state index in [0.717, 1.165) is 19.3 Å². The lowest BCUT2D eigenvalue weighted by molar-refractivity contribution is -0.384. The van der Waals surface area contributed by atoms with Gasteiger partial charge in [-0.05, 0) is 36.8 Å². The molecule has 1 N–H and O–H groups in total. The third-order valence-electron chi connectivity index (χ3n) is 3.95. The Labute approximate surface area is 128 Å². The maximum absolute atomic E-state index is 12.2. The highest BCUT2D eigenvalue weighted by molar-refractivity contribution is 6.33. The smallest absolute Gasteiger partial charge is 0.287 e. The first-order valence-corrected chi connectivity index (χ1v) is 7.41. The van der Waals surface area contributed by atoms with E-state index < -0.39 is 4.92 Å². The predicted octanol–water partition coefficient (Wildman–Crippen LogP) is 3.95. The highest BCUT2D eigenvalue weighted by Gasteiger charge is 2.29. The van der Waals surface area contributed by atoms with E-state index in [4.69, 9.17) is 11.6 Å². The topological polar surface area (TPSA) is 72.2 Å². The van der Waals surface area contributed by atoms with Crippen molar-refractivity contribution in [3.05, 3.63) is 38.9 Å². The minimum atomic E-state index is -0.562. The number of amides is 1. The molecule has 6 heteroatoms. The number of nitrogens with zero attached hydrogens (tertiary/aromatic N) is 1. The van der Waals surface area contributed by atoms with Gasteiger partial charge in [0.05, 0.1) is 4.92 Å². The Morgan fingerprint density at radius 2 is 2.19 bits per heavy atom. The largest absolute Gasteiger partial charge is 0.349 e. The van der Waals surface area contributed by atoms with Crippen LogP contribution in [0.4, 0.5) is 5.69 Å². The molecule has 0 aromatic heterocycles. The molecule has 1 amide bonds. The van der Waals surface area contributed by atoms with E-state index in [0.29, 0.717) is 5.56 Å². The van der Waals surface area contributed by atoms with Crippen LogP contribution >= 0.6 is 11.6 Å². The average molecular weight is 311 g/mol. The van der Waals surface area contributed by atoms with Crippen LogP contribution in [0.3, 0.4) is 0 Å². The van der Waals surface area contributed by atoms with Crippen LogP contribution in [0.5, 0.6) is 0 Å². The molecule has 1 atom stereocenters. The van der Waals surface area contributed by atoms with E-state index >= 15 is 0 Å². The van der Waals surface area contributed by atoms with Gasteiger partial charge < -0.3 is 5.32 Å². The van der Waals surface area contributed by atoms with Gasteiger partial charge in [0.15, 0.2) is 0 Å². The Morgan fingerprint density at radius 1 is 1.48 bits per heavy atom. The number of carbonyl (C=O) groups is 1. The lowest BCUT2D eigenvalue weighted by Gasteiger charge is -2.35. The second kappa shape index (κ2) is 6.02. The summed E-state index contributed by atoms with van der Waals surface area (Å²) >= 11 is 5.83. The van der Waals surface area contributed by atoms with Crippen LogP contribution in [0, 0.1) is 15.5 Å². The summed E-state index contributed by atoms with van der Waals surface area (Å²) in [7, 11) is 0. The molecule has 1 fully saturated rings. The highest BCUT2D eigenvalue weighted by Crippen LogP contribution is 2.35. The fourth-order valence-corrected chi connectivity index (χ4v) is 3.14. The van der Waals surface area contributed by atoms with Crippen LogP contribution in [0.25, 0.3) is 0 Å². The van der Waals surface area contributed by atoms with Crippen molar-refractivity contribution in [2.75, 3.05) is 0 Å². The van der Waals surface area contributed by atoms with Crippen molar-refractivity contribution < 1.29 is 9.72 Å². The quantitative estimate of drug-likeness (QED) is 0.678. The Hall–Kier alpha value is -1.62. The summed E-state index contributed by atoms with van der Waals surface area (Å²) in [5.41, 5.74) is 0.407. The number of rotatable bonds is 3. The Morgan fingerprint density at radius 3 is 2.76 bits per heavy atom. The van der Waals surface area contributed by atoms with E-state index in [2.05, 4.69) is 19.2 Å². The fourth-order valence-electron chi connectivity index (χ4n) is 2.89. The number of halogens is 1. The van der Waals surface area contributed by atoms with E-state index in [1.807, 2.05) is 0 Å². The minimum absolute atomic E-state index is 0.0170. The zero-order valence-electron chi connectivity index (χ0n) is 12.2. The molecule has 0 aliphatic heterocycles. The van der Waals surface area contributed by atoms with Crippen molar-refractivity contribution in [1.29, 1.82) is 0 Å². The summed E-state index contributed by atoms with van der Waals surface area (Å²) in [6, 6.07) is 4.20. The number of nitro benzene ring substituents is 1. The first-order chi connectivity index (χ1) is 9.78. The number of nitrogens with one attached hydrogen (secondary N) is 1. The van der Waals surface area contributed by atoms with Crippen LogP contribution in [0.1, 0.15) is 49.9 Å². The molecule has 1 unspecified atom stereocenters. The Balaban J connectivity index is 2.07. The molecule has 0 radical (unpaired) electrons. The van der Waals surface area contributed by atoms with E-state index in [-0.39, 0.29) is 28.1 Å². The first kappa shape index (κ1) is 15.8. The zero-order valence-corrected chi connectivity index (χ0v) is 12.9. The number of benzene rings is 1.